The van der Waals surface area contributed by atoms with Crippen molar-refractivity contribution in [1.82, 2.24) is 5.32 Å². The van der Waals surface area contributed by atoms with Gasteiger partial charge in [-0.25, -0.2) is 0 Å². The summed E-state index contributed by atoms with van der Waals surface area (Å²) < 4.78 is 0. The second-order valence-electron chi connectivity index (χ2n) is 4.41. The van der Waals surface area contributed by atoms with E-state index in [-0.39, 0.29) is 0 Å². The monoisotopic (exact) mass is 190 g/mol. The number of nitrogens with two attached hydrogens (primary N) is 1. The Morgan fingerprint density at radius 3 is 3.07 bits per heavy atom. The second-order valence-corrected chi connectivity index (χ2v) is 4.41. The summed E-state index contributed by atoms with van der Waals surface area (Å²) in [6, 6.07) is 0.425. The van der Waals surface area contributed by atoms with E-state index >= 15 is 0 Å². The molecule has 0 amide bonds. The zero-order valence-electron chi connectivity index (χ0n) is 8.88. The number of hydrogen-bond donors (Lipinski definition) is 2. The molecule has 2 aliphatic rings. The standard InChI is InChI=1S/C12H18N2/c1-8-4-3-5-10-9(2)7-12(13)14-11(10)6-8/h3,5,7-8,11,14H,4,6,13H2,1-2H3. The van der Waals surface area contributed by atoms with E-state index in [0.717, 1.165) is 11.7 Å². The number of fused-ring (bicyclic) bond motifs is 1. The predicted octanol–water partition coefficient (Wildman–Crippen LogP) is 2.06. The number of hydrogen-bond acceptors (Lipinski definition) is 2. The predicted molar refractivity (Wildman–Crippen MR) is 59.4 cm³/mol. The van der Waals surface area contributed by atoms with Crippen LogP contribution in [-0.4, -0.2) is 6.04 Å². The molecule has 0 saturated heterocycles. The third-order valence-corrected chi connectivity index (χ3v) is 3.02. The van der Waals surface area contributed by atoms with Gasteiger partial charge in [0.15, 0.2) is 0 Å². The first-order chi connectivity index (χ1) is 6.66. The van der Waals surface area contributed by atoms with Crippen LogP contribution in [0.4, 0.5) is 0 Å². The Bertz CT molecular complexity index is 323. The van der Waals surface area contributed by atoms with E-state index in [1.807, 2.05) is 6.08 Å². The minimum atomic E-state index is 0.425. The summed E-state index contributed by atoms with van der Waals surface area (Å²) in [5.41, 5.74) is 8.53. The van der Waals surface area contributed by atoms with E-state index in [1.165, 1.54) is 24.0 Å². The van der Waals surface area contributed by atoms with Gasteiger partial charge in [-0.05, 0) is 42.9 Å². The molecule has 1 aliphatic heterocycles. The second kappa shape index (κ2) is 3.52. The minimum Gasteiger partial charge on any atom is -0.386 e. The SMILES string of the molecule is CC1=C2C=CCC(C)CC2NC(N)=C1. The van der Waals surface area contributed by atoms with Gasteiger partial charge in [-0.3, -0.25) is 0 Å². The molecule has 1 heterocycles. The molecule has 0 radical (unpaired) electrons. The van der Waals surface area contributed by atoms with Crippen LogP contribution >= 0.6 is 0 Å². The Morgan fingerprint density at radius 1 is 1.50 bits per heavy atom. The maximum atomic E-state index is 5.82. The molecule has 2 unspecified atom stereocenters. The van der Waals surface area contributed by atoms with Gasteiger partial charge in [0.05, 0.1) is 11.9 Å². The molecule has 0 aromatic carbocycles. The first-order valence-electron chi connectivity index (χ1n) is 5.28. The molecule has 1 aliphatic carbocycles. The van der Waals surface area contributed by atoms with Crippen molar-refractivity contribution in [3.8, 4) is 0 Å². The quantitative estimate of drug-likeness (QED) is 0.613. The van der Waals surface area contributed by atoms with Crippen LogP contribution in [0.3, 0.4) is 0 Å². The molecule has 2 heteroatoms. The summed E-state index contributed by atoms with van der Waals surface area (Å²) in [4.78, 5) is 0. The lowest BCUT2D eigenvalue weighted by Gasteiger charge is -2.27. The molecule has 3 N–H and O–H groups in total. The smallest absolute Gasteiger partial charge is 0.0967 e. The highest BCUT2D eigenvalue weighted by Gasteiger charge is 2.22. The van der Waals surface area contributed by atoms with Crippen LogP contribution in [0.5, 0.6) is 0 Å². The first-order valence-corrected chi connectivity index (χ1v) is 5.28. The maximum Gasteiger partial charge on any atom is 0.0967 e. The molecular formula is C12H18N2. The lowest BCUT2D eigenvalue weighted by molar-refractivity contribution is 0.467. The Morgan fingerprint density at radius 2 is 2.29 bits per heavy atom. The Balaban J connectivity index is 2.33. The van der Waals surface area contributed by atoms with Crippen molar-refractivity contribution in [2.45, 2.75) is 32.7 Å². The van der Waals surface area contributed by atoms with Gasteiger partial charge in [-0.15, -0.1) is 0 Å². The minimum absolute atomic E-state index is 0.425. The van der Waals surface area contributed by atoms with Crippen LogP contribution in [0.15, 0.2) is 35.2 Å². The highest BCUT2D eigenvalue weighted by molar-refractivity contribution is 5.41. The van der Waals surface area contributed by atoms with Crippen molar-refractivity contribution in [2.24, 2.45) is 11.7 Å². The summed E-state index contributed by atoms with van der Waals surface area (Å²) in [7, 11) is 0. The van der Waals surface area contributed by atoms with Crippen LogP contribution in [-0.2, 0) is 0 Å². The fourth-order valence-corrected chi connectivity index (χ4v) is 2.27. The molecule has 0 aromatic heterocycles. The van der Waals surface area contributed by atoms with Crippen molar-refractivity contribution in [3.05, 3.63) is 35.2 Å². The van der Waals surface area contributed by atoms with Gasteiger partial charge >= 0.3 is 0 Å². The Hall–Kier alpha value is -1.18. The molecule has 0 fully saturated rings. The lowest BCUT2D eigenvalue weighted by Crippen LogP contribution is -2.37. The van der Waals surface area contributed by atoms with Crippen molar-refractivity contribution >= 4 is 0 Å². The van der Waals surface area contributed by atoms with Gasteiger partial charge in [0.2, 0.25) is 0 Å². The normalized spacial score (nSPS) is 31.7. The molecule has 0 saturated carbocycles. The zero-order chi connectivity index (χ0) is 10.1. The number of nitrogens with one attached hydrogen (secondary N) is 1. The maximum absolute atomic E-state index is 5.82. The van der Waals surface area contributed by atoms with E-state index in [2.05, 4.69) is 31.3 Å². The molecule has 76 valence electrons. The van der Waals surface area contributed by atoms with Gasteiger partial charge in [-0.2, -0.15) is 0 Å². The van der Waals surface area contributed by atoms with E-state index < -0.39 is 0 Å². The molecule has 2 nitrogen and oxygen atoms in total. The van der Waals surface area contributed by atoms with Crippen LogP contribution in [0.1, 0.15) is 26.7 Å². The summed E-state index contributed by atoms with van der Waals surface area (Å²) in [6.45, 7) is 4.43. The zero-order valence-corrected chi connectivity index (χ0v) is 8.88. The summed E-state index contributed by atoms with van der Waals surface area (Å²) in [5.74, 6) is 1.54. The molecule has 0 bridgehead atoms. The van der Waals surface area contributed by atoms with Crippen LogP contribution in [0, 0.1) is 5.92 Å². The lowest BCUT2D eigenvalue weighted by atomic mass is 9.93. The van der Waals surface area contributed by atoms with Gasteiger partial charge < -0.3 is 11.1 Å². The Labute approximate surface area is 85.6 Å². The van der Waals surface area contributed by atoms with Gasteiger partial charge in [-0.1, -0.05) is 19.1 Å². The fourth-order valence-electron chi connectivity index (χ4n) is 2.27. The first kappa shape index (κ1) is 9.38. The van der Waals surface area contributed by atoms with E-state index in [0.29, 0.717) is 6.04 Å². The summed E-state index contributed by atoms with van der Waals surface area (Å²) in [5, 5.41) is 3.35. The third-order valence-electron chi connectivity index (χ3n) is 3.02. The highest BCUT2D eigenvalue weighted by Crippen LogP contribution is 2.27. The van der Waals surface area contributed by atoms with E-state index in [1.54, 1.807) is 0 Å². The topological polar surface area (TPSA) is 38.0 Å². The molecule has 0 aromatic rings. The average Bonchev–Trinajstić information content (AvgIpc) is 2.25. The molecule has 2 atom stereocenters. The van der Waals surface area contributed by atoms with Crippen molar-refractivity contribution < 1.29 is 0 Å². The van der Waals surface area contributed by atoms with Crippen LogP contribution < -0.4 is 11.1 Å². The van der Waals surface area contributed by atoms with E-state index in [4.69, 9.17) is 5.73 Å². The number of allylic oxidation sites excluding steroid dienone is 3. The van der Waals surface area contributed by atoms with Gasteiger partial charge in [0, 0.05) is 0 Å². The summed E-state index contributed by atoms with van der Waals surface area (Å²) in [6.07, 6.45) is 8.90. The molecular weight excluding hydrogens is 172 g/mol. The van der Waals surface area contributed by atoms with Crippen LogP contribution in [0.2, 0.25) is 0 Å². The molecule has 2 rings (SSSR count). The number of dihydropyridines is 1. The van der Waals surface area contributed by atoms with Gasteiger partial charge in [0.1, 0.15) is 0 Å². The fraction of sp³-hybridized carbons (Fsp3) is 0.500. The molecule has 14 heavy (non-hydrogen) atoms. The largest absolute Gasteiger partial charge is 0.386 e. The van der Waals surface area contributed by atoms with Crippen molar-refractivity contribution in [2.75, 3.05) is 0 Å². The van der Waals surface area contributed by atoms with Crippen molar-refractivity contribution in [3.63, 3.8) is 0 Å². The Kier molecular flexibility index (Phi) is 2.36. The van der Waals surface area contributed by atoms with E-state index in [9.17, 15) is 0 Å². The van der Waals surface area contributed by atoms with Crippen molar-refractivity contribution in [1.29, 1.82) is 0 Å². The average molecular weight is 190 g/mol. The van der Waals surface area contributed by atoms with Crippen LogP contribution in [0.25, 0.3) is 0 Å². The number of rotatable bonds is 0. The third kappa shape index (κ3) is 1.69. The molecule has 0 spiro atoms. The highest BCUT2D eigenvalue weighted by atomic mass is 15.0. The summed E-state index contributed by atoms with van der Waals surface area (Å²) >= 11 is 0. The van der Waals surface area contributed by atoms with Gasteiger partial charge in [0.25, 0.3) is 0 Å².